The van der Waals surface area contributed by atoms with E-state index < -0.39 is 10.0 Å². The van der Waals surface area contributed by atoms with Gasteiger partial charge in [-0.25, -0.2) is 13.1 Å². The summed E-state index contributed by atoms with van der Waals surface area (Å²) in [5.74, 6) is 0.381. The largest absolute Gasteiger partial charge is 0.370 e. The zero-order valence-corrected chi connectivity index (χ0v) is 13.9. The molecular formula is C9H23IN4O2S. The van der Waals surface area contributed by atoms with Crippen molar-refractivity contribution in [3.63, 3.8) is 0 Å². The van der Waals surface area contributed by atoms with Crippen LogP contribution in [0.15, 0.2) is 4.99 Å². The van der Waals surface area contributed by atoms with Crippen molar-refractivity contribution in [2.24, 2.45) is 10.7 Å². The van der Waals surface area contributed by atoms with Gasteiger partial charge in [-0.3, -0.25) is 4.99 Å². The smallest absolute Gasteiger partial charge is 0.208 e. The van der Waals surface area contributed by atoms with Gasteiger partial charge in [0, 0.05) is 18.6 Å². The molecule has 0 aromatic carbocycles. The number of sulfonamides is 1. The first-order valence-corrected chi connectivity index (χ1v) is 7.02. The molecule has 0 aliphatic carbocycles. The summed E-state index contributed by atoms with van der Waals surface area (Å²) in [6.45, 7) is 6.84. The van der Waals surface area contributed by atoms with E-state index in [0.29, 0.717) is 25.5 Å². The van der Waals surface area contributed by atoms with Gasteiger partial charge in [-0.1, -0.05) is 0 Å². The molecule has 0 amide bonds. The maximum Gasteiger partial charge on any atom is 0.208 e. The van der Waals surface area contributed by atoms with Crippen LogP contribution in [0.25, 0.3) is 0 Å². The minimum Gasteiger partial charge on any atom is -0.370 e. The molecular weight excluding hydrogens is 355 g/mol. The number of nitrogens with zero attached hydrogens (tertiary/aromatic N) is 1. The fraction of sp³-hybridized carbons (Fsp3) is 0.889. The Kier molecular flexibility index (Phi) is 9.16. The Morgan fingerprint density at radius 1 is 1.35 bits per heavy atom. The molecule has 0 heterocycles. The van der Waals surface area contributed by atoms with Crippen molar-refractivity contribution < 1.29 is 8.42 Å². The van der Waals surface area contributed by atoms with Gasteiger partial charge in [0.1, 0.15) is 0 Å². The van der Waals surface area contributed by atoms with Crippen LogP contribution in [0.5, 0.6) is 0 Å². The van der Waals surface area contributed by atoms with Crippen LogP contribution in [0.4, 0.5) is 0 Å². The lowest BCUT2D eigenvalue weighted by molar-refractivity contribution is 0.508. The summed E-state index contributed by atoms with van der Waals surface area (Å²) in [6, 6.07) is 0. The highest BCUT2D eigenvalue weighted by Crippen LogP contribution is 1.96. The average Bonchev–Trinajstić information content (AvgIpc) is 1.97. The van der Waals surface area contributed by atoms with E-state index in [1.54, 1.807) is 0 Å². The van der Waals surface area contributed by atoms with Gasteiger partial charge < -0.3 is 11.1 Å². The van der Waals surface area contributed by atoms with E-state index >= 15 is 0 Å². The van der Waals surface area contributed by atoms with E-state index in [4.69, 9.17) is 5.73 Å². The molecule has 0 radical (unpaired) electrons. The molecule has 4 N–H and O–H groups in total. The van der Waals surface area contributed by atoms with Crippen molar-refractivity contribution in [3.8, 4) is 0 Å². The number of nitrogens with one attached hydrogen (secondary N) is 2. The van der Waals surface area contributed by atoms with E-state index in [-0.39, 0.29) is 29.5 Å². The van der Waals surface area contributed by atoms with E-state index in [1.807, 2.05) is 20.8 Å². The first-order valence-electron chi connectivity index (χ1n) is 5.13. The maximum absolute atomic E-state index is 10.7. The first kappa shape index (κ1) is 19.3. The monoisotopic (exact) mass is 378 g/mol. The van der Waals surface area contributed by atoms with E-state index in [2.05, 4.69) is 15.0 Å². The lowest BCUT2D eigenvalue weighted by Gasteiger charge is -2.20. The Hall–Kier alpha value is -0.0900. The molecule has 8 heteroatoms. The molecule has 104 valence electrons. The highest BCUT2D eigenvalue weighted by Gasteiger charge is 2.09. The summed E-state index contributed by atoms with van der Waals surface area (Å²) < 4.78 is 23.8. The van der Waals surface area contributed by atoms with Crippen molar-refractivity contribution >= 4 is 40.0 Å². The van der Waals surface area contributed by atoms with Crippen LogP contribution in [0.3, 0.4) is 0 Å². The number of aliphatic imine (C=N–C) groups is 1. The number of guanidine groups is 1. The Morgan fingerprint density at radius 2 is 1.88 bits per heavy atom. The number of nitrogens with two attached hydrogens (primary N) is 1. The normalized spacial score (nSPS) is 13.1. The number of hydrogen-bond acceptors (Lipinski definition) is 3. The highest BCUT2D eigenvalue weighted by atomic mass is 127. The fourth-order valence-corrected chi connectivity index (χ4v) is 1.47. The number of rotatable bonds is 5. The van der Waals surface area contributed by atoms with Crippen molar-refractivity contribution in [2.45, 2.75) is 32.7 Å². The van der Waals surface area contributed by atoms with Crippen LogP contribution in [0.2, 0.25) is 0 Å². The van der Waals surface area contributed by atoms with E-state index in [9.17, 15) is 8.42 Å². The Labute approximate surface area is 121 Å². The summed E-state index contributed by atoms with van der Waals surface area (Å²) in [7, 11) is -3.10. The maximum atomic E-state index is 10.7. The van der Waals surface area contributed by atoms with Crippen LogP contribution in [0, 0.1) is 0 Å². The fourth-order valence-electron chi connectivity index (χ4n) is 0.960. The lowest BCUT2D eigenvalue weighted by atomic mass is 10.1. The predicted octanol–water partition coefficient (Wildman–Crippen LogP) is 0.247. The van der Waals surface area contributed by atoms with E-state index in [0.717, 1.165) is 6.26 Å². The number of hydrogen-bond donors (Lipinski definition) is 3. The predicted molar refractivity (Wildman–Crippen MR) is 82.3 cm³/mol. The van der Waals surface area contributed by atoms with Crippen LogP contribution in [0.1, 0.15) is 27.2 Å². The van der Waals surface area contributed by atoms with Gasteiger partial charge in [0.25, 0.3) is 0 Å². The summed E-state index contributed by atoms with van der Waals surface area (Å²) in [6.07, 6.45) is 1.76. The van der Waals surface area contributed by atoms with Gasteiger partial charge in [0.05, 0.1) is 6.26 Å². The molecule has 0 unspecified atom stereocenters. The molecule has 0 bridgehead atoms. The van der Waals surface area contributed by atoms with Crippen LogP contribution in [-0.4, -0.2) is 39.3 Å². The second kappa shape index (κ2) is 8.09. The summed E-state index contributed by atoms with van der Waals surface area (Å²) in [5.41, 5.74) is 5.52. The molecule has 6 nitrogen and oxygen atoms in total. The molecule has 0 saturated carbocycles. The molecule has 0 saturated heterocycles. The average molecular weight is 378 g/mol. The molecule has 0 atom stereocenters. The zero-order valence-electron chi connectivity index (χ0n) is 10.8. The second-order valence-electron chi connectivity index (χ2n) is 4.66. The zero-order chi connectivity index (χ0) is 12.8. The first-order chi connectivity index (χ1) is 7.10. The quantitative estimate of drug-likeness (QED) is 0.277. The van der Waals surface area contributed by atoms with Crippen molar-refractivity contribution in [1.82, 2.24) is 10.0 Å². The molecule has 0 aromatic rings. The third kappa shape index (κ3) is 15.9. The van der Waals surface area contributed by atoms with Crippen LogP contribution < -0.4 is 15.8 Å². The van der Waals surface area contributed by atoms with Gasteiger partial charge >= 0.3 is 0 Å². The summed E-state index contributed by atoms with van der Waals surface area (Å²) in [5, 5.41) is 3.02. The van der Waals surface area contributed by atoms with Crippen LogP contribution >= 0.6 is 24.0 Å². The van der Waals surface area contributed by atoms with Crippen LogP contribution in [-0.2, 0) is 10.0 Å². The standard InChI is InChI=1S/C9H22N4O2S.HI/c1-9(2,3)13-8(10)11-6-5-7-12-16(4,14)15;/h12H,5-7H2,1-4H3,(H3,10,11,13);1H. The Balaban J connectivity index is 0. The molecule has 0 spiro atoms. The second-order valence-corrected chi connectivity index (χ2v) is 6.50. The van der Waals surface area contributed by atoms with Gasteiger partial charge in [-0.05, 0) is 27.2 Å². The lowest BCUT2D eigenvalue weighted by Crippen LogP contribution is -2.45. The van der Waals surface area contributed by atoms with Gasteiger partial charge in [-0.15, -0.1) is 24.0 Å². The third-order valence-corrected chi connectivity index (χ3v) is 2.21. The Bertz CT molecular complexity index is 335. The summed E-state index contributed by atoms with van der Waals surface area (Å²) >= 11 is 0. The molecule has 0 aliphatic rings. The minimum absolute atomic E-state index is 0. The molecule has 0 aromatic heterocycles. The summed E-state index contributed by atoms with van der Waals surface area (Å²) in [4.78, 5) is 4.08. The molecule has 0 fully saturated rings. The van der Waals surface area contributed by atoms with Crippen molar-refractivity contribution in [3.05, 3.63) is 0 Å². The van der Waals surface area contributed by atoms with E-state index in [1.165, 1.54) is 0 Å². The van der Waals surface area contributed by atoms with Gasteiger partial charge in [0.15, 0.2) is 5.96 Å². The van der Waals surface area contributed by atoms with Crippen molar-refractivity contribution in [2.75, 3.05) is 19.3 Å². The highest BCUT2D eigenvalue weighted by molar-refractivity contribution is 14.0. The topological polar surface area (TPSA) is 96.6 Å². The SMILES string of the molecule is CC(C)(C)NC(N)=NCCCNS(C)(=O)=O.I. The van der Waals surface area contributed by atoms with Gasteiger partial charge in [0.2, 0.25) is 10.0 Å². The minimum atomic E-state index is -3.10. The van der Waals surface area contributed by atoms with Crippen molar-refractivity contribution in [1.29, 1.82) is 0 Å². The van der Waals surface area contributed by atoms with Gasteiger partial charge in [-0.2, -0.15) is 0 Å². The number of halogens is 1. The third-order valence-electron chi connectivity index (χ3n) is 1.48. The molecule has 0 rings (SSSR count). The molecule has 17 heavy (non-hydrogen) atoms. The molecule has 0 aliphatic heterocycles. The Morgan fingerprint density at radius 3 is 2.29 bits per heavy atom.